The molecule has 0 rings (SSSR count). The van der Waals surface area contributed by atoms with E-state index in [0.29, 0.717) is 0 Å². The molecule has 0 N–H and O–H groups in total. The van der Waals surface area contributed by atoms with Crippen LogP contribution in [0.5, 0.6) is 0 Å². The lowest BCUT2D eigenvalue weighted by Crippen LogP contribution is -1.80. The maximum absolute atomic E-state index is 2.28. The van der Waals surface area contributed by atoms with Gasteiger partial charge >= 0.3 is 0 Å². The van der Waals surface area contributed by atoms with E-state index in [9.17, 15) is 0 Å². The van der Waals surface area contributed by atoms with Crippen LogP contribution < -0.4 is 0 Å². The van der Waals surface area contributed by atoms with Gasteiger partial charge < -0.3 is 0 Å². The van der Waals surface area contributed by atoms with Crippen molar-refractivity contribution in [2.75, 3.05) is 0 Å². The van der Waals surface area contributed by atoms with Gasteiger partial charge in [0.1, 0.15) is 0 Å². The molecule has 0 aliphatic rings. The fourth-order valence-corrected chi connectivity index (χ4v) is 1.74. The molecule has 0 unspecified atom stereocenters. The molecule has 0 saturated heterocycles. The minimum absolute atomic E-state index is 0. The monoisotopic (exact) mass is 248 g/mol. The van der Waals surface area contributed by atoms with Crippen LogP contribution in [0.1, 0.15) is 114 Å². The largest absolute Gasteiger partial charge is 0.0776 e. The zero-order valence-electron chi connectivity index (χ0n) is 9.78. The molecule has 0 heteroatoms. The lowest BCUT2D eigenvalue weighted by molar-refractivity contribution is 0.554. The van der Waals surface area contributed by atoms with Crippen LogP contribution >= 0.6 is 0 Å². The molecule has 0 bridgehead atoms. The summed E-state index contributed by atoms with van der Waals surface area (Å²) < 4.78 is 0. The molecule has 0 fully saturated rings. The van der Waals surface area contributed by atoms with Crippen LogP contribution in [0, 0.1) is 0 Å². The summed E-state index contributed by atoms with van der Waals surface area (Å²) >= 11 is 0. The third-order valence-corrected chi connectivity index (χ3v) is 2.71. The Hall–Kier alpha value is 0. The van der Waals surface area contributed by atoms with Crippen molar-refractivity contribution in [3.63, 3.8) is 0 Å². The van der Waals surface area contributed by atoms with Gasteiger partial charge in [0.05, 0.1) is 0 Å². The second kappa shape index (κ2) is 29.8. The predicted octanol–water partition coefficient (Wildman–Crippen LogP) is 7.86. The van der Waals surface area contributed by atoms with Crippen molar-refractivity contribution in [3.05, 3.63) is 0 Å². The first-order valence-corrected chi connectivity index (χ1v) is 6.41. The van der Waals surface area contributed by atoms with E-state index in [2.05, 4.69) is 13.8 Å². The lowest BCUT2D eigenvalue weighted by atomic mass is 10.1. The summed E-state index contributed by atoms with van der Waals surface area (Å²) in [4.78, 5) is 0. The van der Waals surface area contributed by atoms with Crippen LogP contribution in [0.3, 0.4) is 0 Å². The minimum atomic E-state index is 0. The van der Waals surface area contributed by atoms with Crippen molar-refractivity contribution < 1.29 is 0 Å². The number of unbranched alkanes of at least 4 members (excludes halogenated alkanes) is 10. The van der Waals surface area contributed by atoms with E-state index in [4.69, 9.17) is 0 Å². The van der Waals surface area contributed by atoms with Crippen molar-refractivity contribution in [1.82, 2.24) is 0 Å². The highest BCUT2D eigenvalue weighted by molar-refractivity contribution is 4.46. The summed E-state index contributed by atoms with van der Waals surface area (Å²) in [6, 6.07) is 0. The van der Waals surface area contributed by atoms with Gasteiger partial charge in [-0.05, 0) is 0 Å². The fraction of sp³-hybridized carbons (Fsp3) is 1.00. The molecule has 17 heavy (non-hydrogen) atoms. The Morgan fingerprint density at radius 2 is 0.529 bits per heavy atom. The Kier molecular flexibility index (Phi) is 52.9. The van der Waals surface area contributed by atoms with Crippen molar-refractivity contribution in [2.24, 2.45) is 0 Å². The SMILES string of the molecule is C.C.C.C.CCCCCCCCCCCCC. The van der Waals surface area contributed by atoms with E-state index in [0.717, 1.165) is 0 Å². The van der Waals surface area contributed by atoms with Crippen molar-refractivity contribution in [3.8, 4) is 0 Å². The first-order valence-electron chi connectivity index (χ1n) is 6.41. The summed E-state index contributed by atoms with van der Waals surface area (Å²) in [6.45, 7) is 4.56. The molecule has 0 aromatic carbocycles. The van der Waals surface area contributed by atoms with Crippen LogP contribution in [0.4, 0.5) is 0 Å². The Bertz CT molecular complexity index is 66.1. The first kappa shape index (κ1) is 30.2. The molecular formula is C17H44. The Morgan fingerprint density at radius 3 is 0.706 bits per heavy atom. The number of hydrogen-bond acceptors (Lipinski definition) is 0. The molecule has 0 atom stereocenters. The summed E-state index contributed by atoms with van der Waals surface area (Å²) in [5, 5.41) is 0. The topological polar surface area (TPSA) is 0 Å². The molecule has 0 heterocycles. The van der Waals surface area contributed by atoms with Gasteiger partial charge in [0.2, 0.25) is 0 Å². The molecular weight excluding hydrogens is 204 g/mol. The van der Waals surface area contributed by atoms with Gasteiger partial charge in [-0.2, -0.15) is 0 Å². The van der Waals surface area contributed by atoms with Gasteiger partial charge in [0.15, 0.2) is 0 Å². The number of hydrogen-bond donors (Lipinski definition) is 0. The predicted molar refractivity (Wildman–Crippen MR) is 89.1 cm³/mol. The first-order chi connectivity index (χ1) is 6.41. The normalized spacial score (nSPS) is 8.12. The Balaban J connectivity index is -0.000000120. The van der Waals surface area contributed by atoms with E-state index in [-0.39, 0.29) is 29.7 Å². The zero-order chi connectivity index (χ0) is 9.78. The lowest BCUT2D eigenvalue weighted by Gasteiger charge is -2.00. The summed E-state index contributed by atoms with van der Waals surface area (Å²) in [7, 11) is 0. The second-order valence-corrected chi connectivity index (χ2v) is 4.18. The summed E-state index contributed by atoms with van der Waals surface area (Å²) in [6.07, 6.45) is 15.9. The molecule has 0 aliphatic heterocycles. The number of rotatable bonds is 10. The third-order valence-electron chi connectivity index (χ3n) is 2.71. The van der Waals surface area contributed by atoms with E-state index < -0.39 is 0 Å². The van der Waals surface area contributed by atoms with Crippen LogP contribution in [0.2, 0.25) is 0 Å². The van der Waals surface area contributed by atoms with Crippen LogP contribution in [-0.2, 0) is 0 Å². The minimum Gasteiger partial charge on any atom is -0.0776 e. The molecule has 0 spiro atoms. The Labute approximate surface area is 115 Å². The third kappa shape index (κ3) is 31.4. The standard InChI is InChI=1S/C13H28.4CH4/c1-3-5-7-9-11-13-12-10-8-6-4-2;;;;/h3-13H2,1-2H3;4*1H4. The highest BCUT2D eigenvalue weighted by atomic mass is 14.0. The zero-order valence-corrected chi connectivity index (χ0v) is 9.78. The van der Waals surface area contributed by atoms with Gasteiger partial charge in [0.25, 0.3) is 0 Å². The van der Waals surface area contributed by atoms with Crippen LogP contribution in [0.15, 0.2) is 0 Å². The van der Waals surface area contributed by atoms with Crippen molar-refractivity contribution in [1.29, 1.82) is 0 Å². The summed E-state index contributed by atoms with van der Waals surface area (Å²) in [5.74, 6) is 0. The van der Waals surface area contributed by atoms with Crippen molar-refractivity contribution >= 4 is 0 Å². The van der Waals surface area contributed by atoms with Gasteiger partial charge in [-0.1, -0.05) is 114 Å². The quantitative estimate of drug-likeness (QED) is 0.345. The van der Waals surface area contributed by atoms with E-state index in [1.54, 1.807) is 0 Å². The average Bonchev–Trinajstić information content (AvgIpc) is 2.16. The smallest absolute Gasteiger partial charge is 0.0533 e. The maximum atomic E-state index is 2.28. The highest BCUT2D eigenvalue weighted by Gasteiger charge is 1.90. The highest BCUT2D eigenvalue weighted by Crippen LogP contribution is 2.10. The van der Waals surface area contributed by atoms with Crippen molar-refractivity contribution in [2.45, 2.75) is 114 Å². The maximum Gasteiger partial charge on any atom is -0.0533 e. The van der Waals surface area contributed by atoms with Gasteiger partial charge in [0, 0.05) is 0 Å². The second-order valence-electron chi connectivity index (χ2n) is 4.18. The van der Waals surface area contributed by atoms with Crippen LogP contribution in [0.25, 0.3) is 0 Å². The molecule has 0 aliphatic carbocycles. The molecule has 0 amide bonds. The van der Waals surface area contributed by atoms with Gasteiger partial charge in [-0.3, -0.25) is 0 Å². The summed E-state index contributed by atoms with van der Waals surface area (Å²) in [5.41, 5.74) is 0. The molecule has 0 radical (unpaired) electrons. The fourth-order valence-electron chi connectivity index (χ4n) is 1.74. The molecule has 112 valence electrons. The van der Waals surface area contributed by atoms with Crippen LogP contribution in [-0.4, -0.2) is 0 Å². The molecule has 0 saturated carbocycles. The van der Waals surface area contributed by atoms with E-state index in [1.807, 2.05) is 0 Å². The van der Waals surface area contributed by atoms with Gasteiger partial charge in [-0.15, -0.1) is 0 Å². The average molecular weight is 249 g/mol. The molecule has 0 aromatic heterocycles. The van der Waals surface area contributed by atoms with E-state index >= 15 is 0 Å². The molecule has 0 aromatic rings. The molecule has 0 nitrogen and oxygen atoms in total. The Morgan fingerprint density at radius 1 is 0.353 bits per heavy atom. The van der Waals surface area contributed by atoms with E-state index in [1.165, 1.54) is 70.6 Å². The van der Waals surface area contributed by atoms with Gasteiger partial charge in [-0.25, -0.2) is 0 Å².